The van der Waals surface area contributed by atoms with Crippen molar-refractivity contribution < 1.29 is 0 Å². The molecule has 0 saturated heterocycles. The predicted molar refractivity (Wildman–Crippen MR) is 137 cm³/mol. The van der Waals surface area contributed by atoms with Gasteiger partial charge in [-0.25, -0.2) is 0 Å². The van der Waals surface area contributed by atoms with Crippen LogP contribution >= 0.6 is 22.7 Å². The maximum Gasteiger partial charge on any atom is 0.0342 e. The Hall–Kier alpha value is -2.68. The lowest BCUT2D eigenvalue weighted by Gasteiger charge is -2.22. The largest absolute Gasteiger partial charge is 0.144 e. The van der Waals surface area contributed by atoms with Gasteiger partial charge in [0.15, 0.2) is 0 Å². The first-order chi connectivity index (χ1) is 15.2. The molecule has 2 aliphatic carbocycles. The molecule has 2 atom stereocenters. The smallest absolute Gasteiger partial charge is 0.0342 e. The molecular formula is C29H24S2. The normalized spacial score (nSPS) is 19.2. The third-order valence-electron chi connectivity index (χ3n) is 6.87. The molecule has 0 bridgehead atoms. The van der Waals surface area contributed by atoms with Gasteiger partial charge in [0.1, 0.15) is 0 Å². The molecule has 152 valence electrons. The number of thiophene rings is 2. The number of hydrogen-bond acceptors (Lipinski definition) is 2. The molecule has 0 saturated carbocycles. The van der Waals surface area contributed by atoms with Crippen molar-refractivity contribution in [1.82, 2.24) is 0 Å². The highest BCUT2D eigenvalue weighted by Crippen LogP contribution is 2.49. The Balaban J connectivity index is 1.36. The highest BCUT2D eigenvalue weighted by atomic mass is 32.1. The summed E-state index contributed by atoms with van der Waals surface area (Å²) in [5, 5.41) is 4.33. The first kappa shape index (κ1) is 19.0. The Bertz CT molecular complexity index is 1210. The molecule has 2 heterocycles. The first-order valence-corrected chi connectivity index (χ1v) is 12.7. The highest BCUT2D eigenvalue weighted by molar-refractivity contribution is 7.13. The Morgan fingerprint density at radius 2 is 1.13 bits per heavy atom. The molecule has 4 aromatic rings. The second kappa shape index (κ2) is 7.47. The van der Waals surface area contributed by atoms with Crippen molar-refractivity contribution in [2.24, 2.45) is 0 Å². The molecule has 0 fully saturated rings. The third-order valence-corrected chi connectivity index (χ3v) is 8.71. The molecule has 2 heteroatoms. The maximum atomic E-state index is 2.44. The lowest BCUT2D eigenvalue weighted by atomic mass is 9.81. The van der Waals surface area contributed by atoms with Gasteiger partial charge in [0.05, 0.1) is 0 Å². The fourth-order valence-electron chi connectivity index (χ4n) is 5.25. The van der Waals surface area contributed by atoms with Crippen molar-refractivity contribution in [3.63, 3.8) is 0 Å². The van der Waals surface area contributed by atoms with Gasteiger partial charge in [-0.2, -0.15) is 0 Å². The lowest BCUT2D eigenvalue weighted by molar-refractivity contribution is 0.643. The lowest BCUT2D eigenvalue weighted by Crippen LogP contribution is -2.06. The van der Waals surface area contributed by atoms with Gasteiger partial charge in [0.2, 0.25) is 0 Å². The molecule has 0 aliphatic heterocycles. The summed E-state index contributed by atoms with van der Waals surface area (Å²) in [5.74, 6) is 0.971. The van der Waals surface area contributed by atoms with Crippen LogP contribution in [0.1, 0.15) is 54.4 Å². The van der Waals surface area contributed by atoms with Crippen LogP contribution in [0.3, 0.4) is 0 Å². The number of allylic oxidation sites excluding steroid dienone is 2. The van der Waals surface area contributed by atoms with E-state index in [0.717, 1.165) is 6.42 Å². The van der Waals surface area contributed by atoms with Crippen molar-refractivity contribution in [3.8, 4) is 20.9 Å². The Labute approximate surface area is 192 Å². The average molecular weight is 437 g/mol. The van der Waals surface area contributed by atoms with Crippen LogP contribution in [0, 0.1) is 0 Å². The Morgan fingerprint density at radius 3 is 1.55 bits per heavy atom. The van der Waals surface area contributed by atoms with Gasteiger partial charge in [0.25, 0.3) is 0 Å². The third kappa shape index (κ3) is 3.26. The van der Waals surface area contributed by atoms with Crippen LogP contribution in [0.25, 0.3) is 33.0 Å². The molecule has 0 amide bonds. The summed E-state index contributed by atoms with van der Waals surface area (Å²) in [6, 6.07) is 22.8. The van der Waals surface area contributed by atoms with Crippen LogP contribution in [-0.2, 0) is 0 Å². The van der Waals surface area contributed by atoms with E-state index in [0.29, 0.717) is 11.8 Å². The molecule has 0 radical (unpaired) electrons. The molecule has 0 N–H and O–H groups in total. The van der Waals surface area contributed by atoms with E-state index in [1.807, 2.05) is 22.7 Å². The minimum atomic E-state index is 0.486. The molecule has 2 aromatic carbocycles. The first-order valence-electron chi connectivity index (χ1n) is 10.9. The van der Waals surface area contributed by atoms with Crippen molar-refractivity contribution in [3.05, 3.63) is 105 Å². The topological polar surface area (TPSA) is 0 Å². The summed E-state index contributed by atoms with van der Waals surface area (Å²) >= 11 is 3.65. The summed E-state index contributed by atoms with van der Waals surface area (Å²) in [6.07, 6.45) is 5.94. The van der Waals surface area contributed by atoms with Gasteiger partial charge in [0, 0.05) is 21.6 Å². The summed E-state index contributed by atoms with van der Waals surface area (Å²) in [6.45, 7) is 4.62. The summed E-state index contributed by atoms with van der Waals surface area (Å²) in [5.41, 5.74) is 11.5. The molecule has 6 rings (SSSR count). The number of rotatable bonds is 4. The molecule has 2 aromatic heterocycles. The van der Waals surface area contributed by atoms with Gasteiger partial charge in [-0.1, -0.05) is 59.7 Å². The Kier molecular flexibility index (Phi) is 4.59. The average Bonchev–Trinajstić information content (AvgIpc) is 3.56. The fourth-order valence-corrected chi connectivity index (χ4v) is 6.70. The number of benzene rings is 2. The van der Waals surface area contributed by atoms with Crippen molar-refractivity contribution >= 4 is 34.8 Å². The van der Waals surface area contributed by atoms with Crippen LogP contribution < -0.4 is 0 Å². The van der Waals surface area contributed by atoms with E-state index in [1.165, 1.54) is 54.3 Å². The zero-order valence-electron chi connectivity index (χ0n) is 17.8. The second-order valence-corrected chi connectivity index (χ2v) is 10.7. The predicted octanol–water partition coefficient (Wildman–Crippen LogP) is 9.23. The van der Waals surface area contributed by atoms with Crippen LogP contribution in [0.4, 0.5) is 0 Å². The van der Waals surface area contributed by atoms with Crippen molar-refractivity contribution in [2.45, 2.75) is 32.1 Å². The quantitative estimate of drug-likeness (QED) is 0.299. The summed E-state index contributed by atoms with van der Waals surface area (Å²) in [4.78, 5) is 2.71. The minimum absolute atomic E-state index is 0.486. The standard InChI is InChI=1S/C29H24S2/c1-18-13-20-7-9-22(28-5-3-11-30-28)15-26(20)24(18)17-25-19(2)14-21-8-10-23(16-27(21)25)29-6-4-12-31-29/h3-16,24-25H,17H2,1-2H3. The summed E-state index contributed by atoms with van der Waals surface area (Å²) < 4.78 is 0. The van der Waals surface area contributed by atoms with E-state index in [1.54, 1.807) is 0 Å². The fraction of sp³-hybridized carbons (Fsp3) is 0.172. The molecule has 31 heavy (non-hydrogen) atoms. The van der Waals surface area contributed by atoms with Gasteiger partial charge >= 0.3 is 0 Å². The summed E-state index contributed by atoms with van der Waals surface area (Å²) in [7, 11) is 0. The molecule has 0 nitrogen and oxygen atoms in total. The van der Waals surface area contributed by atoms with E-state index < -0.39 is 0 Å². The zero-order valence-corrected chi connectivity index (χ0v) is 19.4. The van der Waals surface area contributed by atoms with E-state index >= 15 is 0 Å². The van der Waals surface area contributed by atoms with Gasteiger partial charge < -0.3 is 0 Å². The number of fused-ring (bicyclic) bond motifs is 2. The molecule has 2 aliphatic rings. The second-order valence-electron chi connectivity index (χ2n) is 8.76. The molecule has 2 unspecified atom stereocenters. The van der Waals surface area contributed by atoms with Crippen LogP contribution in [0.2, 0.25) is 0 Å². The Morgan fingerprint density at radius 1 is 0.645 bits per heavy atom. The molecule has 0 spiro atoms. The monoisotopic (exact) mass is 436 g/mol. The van der Waals surface area contributed by atoms with Crippen molar-refractivity contribution in [1.29, 1.82) is 0 Å². The van der Waals surface area contributed by atoms with Crippen LogP contribution in [-0.4, -0.2) is 0 Å². The van der Waals surface area contributed by atoms with Crippen molar-refractivity contribution in [2.75, 3.05) is 0 Å². The highest BCUT2D eigenvalue weighted by Gasteiger charge is 2.31. The van der Waals surface area contributed by atoms with E-state index in [2.05, 4.69) is 97.4 Å². The number of hydrogen-bond donors (Lipinski definition) is 0. The van der Waals surface area contributed by atoms with Gasteiger partial charge in [-0.3, -0.25) is 0 Å². The molecular weight excluding hydrogens is 412 g/mol. The minimum Gasteiger partial charge on any atom is -0.144 e. The van der Waals surface area contributed by atoms with E-state index in [-0.39, 0.29) is 0 Å². The zero-order chi connectivity index (χ0) is 20.9. The maximum absolute atomic E-state index is 2.44. The SMILES string of the molecule is CC1=Cc2ccc(-c3cccs3)cc2C1CC1C(C)=Cc2ccc(-c3cccs3)cc21. The van der Waals surface area contributed by atoms with Crippen LogP contribution in [0.15, 0.2) is 82.6 Å². The van der Waals surface area contributed by atoms with Gasteiger partial charge in [-0.05, 0) is 88.7 Å². The van der Waals surface area contributed by atoms with Crippen LogP contribution in [0.5, 0.6) is 0 Å². The van der Waals surface area contributed by atoms with E-state index in [4.69, 9.17) is 0 Å². The van der Waals surface area contributed by atoms with Gasteiger partial charge in [-0.15, -0.1) is 22.7 Å². The van der Waals surface area contributed by atoms with E-state index in [9.17, 15) is 0 Å².